The summed E-state index contributed by atoms with van der Waals surface area (Å²) in [5, 5.41) is 11.3. The minimum absolute atomic E-state index is 0.0159. The van der Waals surface area contributed by atoms with E-state index in [9.17, 15) is 5.21 Å². The Morgan fingerprint density at radius 3 is 2.64 bits per heavy atom. The fourth-order valence-electron chi connectivity index (χ4n) is 1.09. The topological polar surface area (TPSA) is 26.1 Å². The van der Waals surface area contributed by atoms with Crippen molar-refractivity contribution >= 4 is 17.8 Å². The lowest BCUT2D eigenvalue weighted by Crippen LogP contribution is -2.07. The molecule has 0 heterocycles. The molecule has 1 atom stereocenters. The highest BCUT2D eigenvalue weighted by molar-refractivity contribution is 6.21. The standard InChI is InChI=1S/C11H14ClNO/c1-10(12)7-8-13(14)9-11-5-3-2-4-6-11/h2-6,8,10H,7,9H2,1H3/b13-8-. The van der Waals surface area contributed by atoms with Crippen molar-refractivity contribution in [2.45, 2.75) is 25.3 Å². The highest BCUT2D eigenvalue weighted by Crippen LogP contribution is 2.01. The van der Waals surface area contributed by atoms with Gasteiger partial charge in [-0.3, -0.25) is 0 Å². The van der Waals surface area contributed by atoms with Crippen LogP contribution in [0.2, 0.25) is 0 Å². The predicted molar refractivity (Wildman–Crippen MR) is 59.8 cm³/mol. The van der Waals surface area contributed by atoms with E-state index in [2.05, 4.69) is 0 Å². The van der Waals surface area contributed by atoms with Crippen LogP contribution >= 0.6 is 11.6 Å². The first kappa shape index (κ1) is 11.1. The van der Waals surface area contributed by atoms with E-state index in [0.29, 0.717) is 13.0 Å². The second-order valence-electron chi connectivity index (χ2n) is 3.26. The Bertz CT molecular complexity index is 295. The molecule has 0 aliphatic heterocycles. The molecule has 0 saturated carbocycles. The van der Waals surface area contributed by atoms with Crippen LogP contribution in [-0.2, 0) is 6.54 Å². The lowest BCUT2D eigenvalue weighted by atomic mass is 10.2. The van der Waals surface area contributed by atoms with Crippen LogP contribution in [-0.4, -0.2) is 16.3 Å². The molecule has 0 aliphatic rings. The van der Waals surface area contributed by atoms with Gasteiger partial charge >= 0.3 is 0 Å². The van der Waals surface area contributed by atoms with E-state index in [0.717, 1.165) is 10.3 Å². The Morgan fingerprint density at radius 2 is 2.07 bits per heavy atom. The van der Waals surface area contributed by atoms with E-state index in [1.165, 1.54) is 0 Å². The minimum atomic E-state index is 0.0159. The van der Waals surface area contributed by atoms with Crippen LogP contribution in [0.15, 0.2) is 30.3 Å². The van der Waals surface area contributed by atoms with E-state index in [4.69, 9.17) is 11.6 Å². The summed E-state index contributed by atoms with van der Waals surface area (Å²) in [6, 6.07) is 9.65. The molecule has 0 radical (unpaired) electrons. The average Bonchev–Trinajstić information content (AvgIpc) is 2.16. The number of halogens is 1. The van der Waals surface area contributed by atoms with Gasteiger partial charge in [0, 0.05) is 17.4 Å². The first-order valence-electron chi connectivity index (χ1n) is 4.63. The third-order valence-corrected chi connectivity index (χ3v) is 1.99. The molecule has 0 N–H and O–H groups in total. The lowest BCUT2D eigenvalue weighted by Gasteiger charge is -2.04. The molecule has 3 heteroatoms. The summed E-state index contributed by atoms with van der Waals surface area (Å²) >= 11 is 5.73. The first-order valence-corrected chi connectivity index (χ1v) is 5.07. The van der Waals surface area contributed by atoms with Crippen molar-refractivity contribution in [3.63, 3.8) is 0 Å². The normalized spacial score (nSPS) is 14.0. The van der Waals surface area contributed by atoms with Gasteiger partial charge in [0.15, 0.2) is 12.8 Å². The Morgan fingerprint density at radius 1 is 1.43 bits per heavy atom. The van der Waals surface area contributed by atoms with E-state index < -0.39 is 0 Å². The number of nitrogens with zero attached hydrogens (tertiary/aromatic N) is 1. The summed E-state index contributed by atoms with van der Waals surface area (Å²) in [5.41, 5.74) is 1.01. The molecule has 0 aliphatic carbocycles. The largest absolute Gasteiger partial charge is 0.624 e. The summed E-state index contributed by atoms with van der Waals surface area (Å²) in [5.74, 6) is 0. The van der Waals surface area contributed by atoms with Crippen molar-refractivity contribution in [1.82, 2.24) is 0 Å². The van der Waals surface area contributed by atoms with E-state index in [1.807, 2.05) is 37.3 Å². The second-order valence-corrected chi connectivity index (χ2v) is 4.00. The Hall–Kier alpha value is -1.02. The van der Waals surface area contributed by atoms with Crippen molar-refractivity contribution in [2.24, 2.45) is 0 Å². The van der Waals surface area contributed by atoms with Crippen molar-refractivity contribution in [3.05, 3.63) is 41.1 Å². The summed E-state index contributed by atoms with van der Waals surface area (Å²) in [4.78, 5) is 0. The average molecular weight is 212 g/mol. The lowest BCUT2D eigenvalue weighted by molar-refractivity contribution is -0.471. The molecule has 14 heavy (non-hydrogen) atoms. The first-order chi connectivity index (χ1) is 6.68. The minimum Gasteiger partial charge on any atom is -0.624 e. The molecule has 0 fully saturated rings. The van der Waals surface area contributed by atoms with Gasteiger partial charge in [-0.15, -0.1) is 11.6 Å². The third-order valence-electron chi connectivity index (χ3n) is 1.82. The Labute approximate surface area is 89.4 Å². The van der Waals surface area contributed by atoms with Crippen molar-refractivity contribution in [2.75, 3.05) is 0 Å². The predicted octanol–water partition coefficient (Wildman–Crippen LogP) is 2.79. The number of benzene rings is 1. The summed E-state index contributed by atoms with van der Waals surface area (Å²) in [6.07, 6.45) is 2.20. The summed E-state index contributed by atoms with van der Waals surface area (Å²) in [7, 11) is 0. The summed E-state index contributed by atoms with van der Waals surface area (Å²) < 4.78 is 0.925. The molecule has 1 aromatic rings. The van der Waals surface area contributed by atoms with Crippen LogP contribution in [0.1, 0.15) is 18.9 Å². The molecular formula is C11H14ClNO. The van der Waals surface area contributed by atoms with Gasteiger partial charge in [-0.05, 0) is 6.92 Å². The fourth-order valence-corrected chi connectivity index (χ4v) is 1.17. The number of hydroxylamine groups is 1. The van der Waals surface area contributed by atoms with Crippen molar-refractivity contribution in [3.8, 4) is 0 Å². The van der Waals surface area contributed by atoms with Crippen molar-refractivity contribution < 1.29 is 4.74 Å². The van der Waals surface area contributed by atoms with Gasteiger partial charge < -0.3 is 5.21 Å². The zero-order chi connectivity index (χ0) is 10.4. The zero-order valence-corrected chi connectivity index (χ0v) is 8.95. The summed E-state index contributed by atoms with van der Waals surface area (Å²) in [6.45, 7) is 2.26. The van der Waals surface area contributed by atoms with E-state index in [1.54, 1.807) is 6.21 Å². The van der Waals surface area contributed by atoms with Gasteiger partial charge in [0.05, 0.1) is 0 Å². The molecular weight excluding hydrogens is 198 g/mol. The smallest absolute Gasteiger partial charge is 0.178 e. The Kier molecular flexibility index (Phi) is 4.47. The van der Waals surface area contributed by atoms with E-state index in [-0.39, 0.29) is 5.38 Å². The SMILES string of the molecule is CC(Cl)C/C=[N+](\[O-])Cc1ccccc1. The molecule has 1 unspecified atom stereocenters. The van der Waals surface area contributed by atoms with Crippen LogP contribution in [0, 0.1) is 5.21 Å². The molecule has 0 amide bonds. The highest BCUT2D eigenvalue weighted by atomic mass is 35.5. The molecule has 2 nitrogen and oxygen atoms in total. The van der Waals surface area contributed by atoms with E-state index >= 15 is 0 Å². The zero-order valence-electron chi connectivity index (χ0n) is 8.19. The molecule has 0 saturated heterocycles. The van der Waals surface area contributed by atoms with Crippen LogP contribution in [0.3, 0.4) is 0 Å². The molecule has 76 valence electrons. The molecule has 0 bridgehead atoms. The maximum absolute atomic E-state index is 11.3. The van der Waals surface area contributed by atoms with Gasteiger partial charge in [0.2, 0.25) is 0 Å². The van der Waals surface area contributed by atoms with Gasteiger partial charge in [-0.25, -0.2) is 4.74 Å². The second kappa shape index (κ2) is 5.66. The van der Waals surface area contributed by atoms with Crippen LogP contribution in [0.4, 0.5) is 0 Å². The maximum atomic E-state index is 11.3. The molecule has 1 aromatic carbocycles. The number of rotatable bonds is 4. The maximum Gasteiger partial charge on any atom is 0.178 e. The number of alkyl halides is 1. The number of hydrogen-bond acceptors (Lipinski definition) is 1. The number of hydrogen-bond donors (Lipinski definition) is 0. The highest BCUT2D eigenvalue weighted by Gasteiger charge is 1.99. The van der Waals surface area contributed by atoms with Gasteiger partial charge in [0.1, 0.15) is 0 Å². The third kappa shape index (κ3) is 4.28. The molecule has 0 aromatic heterocycles. The van der Waals surface area contributed by atoms with Gasteiger partial charge in [-0.2, -0.15) is 0 Å². The van der Waals surface area contributed by atoms with Gasteiger partial charge in [-0.1, -0.05) is 30.3 Å². The quantitative estimate of drug-likeness (QED) is 0.247. The van der Waals surface area contributed by atoms with Gasteiger partial charge in [0.25, 0.3) is 0 Å². The van der Waals surface area contributed by atoms with Crippen LogP contribution < -0.4 is 0 Å². The van der Waals surface area contributed by atoms with Crippen LogP contribution in [0.25, 0.3) is 0 Å². The monoisotopic (exact) mass is 211 g/mol. The van der Waals surface area contributed by atoms with Crippen molar-refractivity contribution in [1.29, 1.82) is 0 Å². The Balaban J connectivity index is 2.49. The van der Waals surface area contributed by atoms with Crippen LogP contribution in [0.5, 0.6) is 0 Å². The molecule has 0 spiro atoms. The fraction of sp³-hybridized carbons (Fsp3) is 0.364. The molecule has 1 rings (SSSR count).